The number of nitro benzene ring substituents is 1. The first-order valence-electron chi connectivity index (χ1n) is 7.09. The topological polar surface area (TPSA) is 94.8 Å². The summed E-state index contributed by atoms with van der Waals surface area (Å²) >= 11 is 1.42. The normalized spacial score (nSPS) is 10.3. The maximum Gasteiger partial charge on any atom is 0.286 e. The third kappa shape index (κ3) is 3.80. The van der Waals surface area contributed by atoms with Crippen LogP contribution >= 0.6 is 11.3 Å². The van der Waals surface area contributed by atoms with Crippen molar-refractivity contribution >= 4 is 22.9 Å². The predicted molar refractivity (Wildman–Crippen MR) is 88.7 cm³/mol. The van der Waals surface area contributed by atoms with Crippen LogP contribution in [0.3, 0.4) is 0 Å². The first-order valence-corrected chi connectivity index (χ1v) is 8.04. The van der Waals surface area contributed by atoms with Crippen molar-refractivity contribution in [3.05, 3.63) is 44.4 Å². The van der Waals surface area contributed by atoms with E-state index < -0.39 is 10.8 Å². The Bertz CT molecular complexity index is 733. The number of hydrogen-bond donors (Lipinski definition) is 0. The van der Waals surface area contributed by atoms with E-state index in [9.17, 15) is 14.9 Å². The molecule has 1 amide bonds. The molecule has 0 spiro atoms. The zero-order valence-electron chi connectivity index (χ0n) is 13.5. The molecule has 1 aromatic carbocycles. The standard InChI is InChI=1S/C15H17N3O5S/c1-4-17(2)15(19)11-5-13(22-3)14(6-12(11)18(20)21)23-7-10-8-24-9-16-10/h5-6,8-9H,4,7H2,1-3H3. The Morgan fingerprint density at radius 3 is 2.71 bits per heavy atom. The minimum Gasteiger partial charge on any atom is -0.493 e. The molecule has 0 atom stereocenters. The number of carbonyl (C=O) groups excluding carboxylic acids is 1. The van der Waals surface area contributed by atoms with E-state index >= 15 is 0 Å². The molecule has 128 valence electrons. The van der Waals surface area contributed by atoms with Gasteiger partial charge in [-0.3, -0.25) is 14.9 Å². The summed E-state index contributed by atoms with van der Waals surface area (Å²) in [7, 11) is 2.99. The number of nitro groups is 1. The Morgan fingerprint density at radius 1 is 1.42 bits per heavy atom. The summed E-state index contributed by atoms with van der Waals surface area (Å²) in [5.41, 5.74) is 2.01. The molecule has 1 heterocycles. The minimum atomic E-state index is -0.605. The molecule has 8 nitrogen and oxygen atoms in total. The number of aromatic nitrogens is 1. The van der Waals surface area contributed by atoms with Crippen molar-refractivity contribution in [1.29, 1.82) is 0 Å². The lowest BCUT2D eigenvalue weighted by Crippen LogP contribution is -2.27. The van der Waals surface area contributed by atoms with Gasteiger partial charge >= 0.3 is 0 Å². The number of hydrogen-bond acceptors (Lipinski definition) is 7. The molecule has 0 fully saturated rings. The number of thiazole rings is 1. The van der Waals surface area contributed by atoms with Gasteiger partial charge in [-0.2, -0.15) is 0 Å². The Hall–Kier alpha value is -2.68. The summed E-state index contributed by atoms with van der Waals surface area (Å²) in [6.07, 6.45) is 0. The highest BCUT2D eigenvalue weighted by molar-refractivity contribution is 7.07. The molecule has 0 aliphatic rings. The average Bonchev–Trinajstić information content (AvgIpc) is 3.11. The van der Waals surface area contributed by atoms with E-state index in [1.54, 1.807) is 19.5 Å². The van der Waals surface area contributed by atoms with Crippen LogP contribution in [0.4, 0.5) is 5.69 Å². The van der Waals surface area contributed by atoms with Gasteiger partial charge < -0.3 is 14.4 Å². The molecule has 1 aromatic heterocycles. The van der Waals surface area contributed by atoms with Gasteiger partial charge in [0.15, 0.2) is 11.5 Å². The second kappa shape index (κ2) is 7.73. The SMILES string of the molecule is CCN(C)C(=O)c1cc(OC)c(OCc2cscn2)cc1[N+](=O)[O-]. The third-order valence-electron chi connectivity index (χ3n) is 3.39. The van der Waals surface area contributed by atoms with Crippen molar-refractivity contribution in [1.82, 2.24) is 9.88 Å². The van der Waals surface area contributed by atoms with Gasteiger partial charge in [-0.1, -0.05) is 0 Å². The Balaban J connectivity index is 2.40. The van der Waals surface area contributed by atoms with Crippen LogP contribution in [0.25, 0.3) is 0 Å². The zero-order valence-corrected chi connectivity index (χ0v) is 14.3. The van der Waals surface area contributed by atoms with E-state index in [0.717, 1.165) is 0 Å². The van der Waals surface area contributed by atoms with Gasteiger partial charge in [0.05, 0.1) is 29.3 Å². The highest BCUT2D eigenvalue weighted by Gasteiger charge is 2.26. The molecule has 2 rings (SSSR count). The molecule has 0 saturated heterocycles. The summed E-state index contributed by atoms with van der Waals surface area (Å²) in [6.45, 7) is 2.37. The number of nitrogens with zero attached hydrogens (tertiary/aromatic N) is 3. The lowest BCUT2D eigenvalue weighted by atomic mass is 10.1. The van der Waals surface area contributed by atoms with Crippen LogP contribution in [0.2, 0.25) is 0 Å². The van der Waals surface area contributed by atoms with Crippen LogP contribution in [0, 0.1) is 10.1 Å². The number of methoxy groups -OCH3 is 1. The van der Waals surface area contributed by atoms with Crippen LogP contribution < -0.4 is 9.47 Å². The number of benzene rings is 1. The first kappa shape index (κ1) is 17.7. The van der Waals surface area contributed by atoms with E-state index in [2.05, 4.69) is 4.98 Å². The molecule has 0 aliphatic carbocycles. The first-order chi connectivity index (χ1) is 11.5. The Morgan fingerprint density at radius 2 is 2.17 bits per heavy atom. The number of carbonyl (C=O) groups is 1. The van der Waals surface area contributed by atoms with Crippen molar-refractivity contribution in [3.63, 3.8) is 0 Å². The van der Waals surface area contributed by atoms with Gasteiger partial charge in [0.2, 0.25) is 0 Å². The van der Waals surface area contributed by atoms with E-state index in [4.69, 9.17) is 9.47 Å². The van der Waals surface area contributed by atoms with Gasteiger partial charge in [0.25, 0.3) is 11.6 Å². The van der Waals surface area contributed by atoms with Gasteiger partial charge in [-0.05, 0) is 6.92 Å². The molecule has 2 aromatic rings. The van der Waals surface area contributed by atoms with Gasteiger partial charge in [0, 0.05) is 25.0 Å². The predicted octanol–water partition coefficient (Wildman–Crippen LogP) is 2.73. The maximum atomic E-state index is 12.3. The van der Waals surface area contributed by atoms with Crippen LogP contribution in [0.5, 0.6) is 11.5 Å². The van der Waals surface area contributed by atoms with E-state index in [-0.39, 0.29) is 29.4 Å². The van der Waals surface area contributed by atoms with Gasteiger partial charge in [-0.15, -0.1) is 11.3 Å². The lowest BCUT2D eigenvalue weighted by Gasteiger charge is -2.16. The number of amides is 1. The van der Waals surface area contributed by atoms with E-state index in [1.165, 1.54) is 35.5 Å². The smallest absolute Gasteiger partial charge is 0.286 e. The van der Waals surface area contributed by atoms with Gasteiger partial charge in [-0.25, -0.2) is 4.98 Å². The maximum absolute atomic E-state index is 12.3. The zero-order chi connectivity index (χ0) is 17.7. The highest BCUT2D eigenvalue weighted by Crippen LogP contribution is 2.35. The van der Waals surface area contributed by atoms with Crippen molar-refractivity contribution in [3.8, 4) is 11.5 Å². The van der Waals surface area contributed by atoms with Gasteiger partial charge in [0.1, 0.15) is 12.2 Å². The van der Waals surface area contributed by atoms with E-state index in [0.29, 0.717) is 12.2 Å². The molecular weight excluding hydrogens is 334 g/mol. The van der Waals surface area contributed by atoms with Crippen molar-refractivity contribution < 1.29 is 19.2 Å². The summed E-state index contributed by atoms with van der Waals surface area (Å²) in [4.78, 5) is 28.6. The summed E-state index contributed by atoms with van der Waals surface area (Å²) in [5, 5.41) is 13.2. The molecule has 24 heavy (non-hydrogen) atoms. The van der Waals surface area contributed by atoms with Crippen LogP contribution in [0.15, 0.2) is 23.0 Å². The van der Waals surface area contributed by atoms with Crippen LogP contribution in [-0.4, -0.2) is 41.4 Å². The molecule has 0 radical (unpaired) electrons. The number of rotatable bonds is 7. The fourth-order valence-corrected chi connectivity index (χ4v) is 2.50. The second-order valence-electron chi connectivity index (χ2n) is 4.87. The lowest BCUT2D eigenvalue weighted by molar-refractivity contribution is -0.385. The summed E-state index contributed by atoms with van der Waals surface area (Å²) < 4.78 is 10.8. The monoisotopic (exact) mass is 351 g/mol. The van der Waals surface area contributed by atoms with Crippen LogP contribution in [-0.2, 0) is 6.61 Å². The Labute approximate surface area is 142 Å². The summed E-state index contributed by atoms with van der Waals surface area (Å²) in [5.74, 6) is -0.00913. The summed E-state index contributed by atoms with van der Waals surface area (Å²) in [6, 6.07) is 2.55. The van der Waals surface area contributed by atoms with Crippen molar-refractivity contribution in [2.75, 3.05) is 20.7 Å². The quantitative estimate of drug-likeness (QED) is 0.562. The molecule has 0 saturated carbocycles. The highest BCUT2D eigenvalue weighted by atomic mass is 32.1. The molecule has 9 heteroatoms. The molecular formula is C15H17N3O5S. The average molecular weight is 351 g/mol. The van der Waals surface area contributed by atoms with Crippen molar-refractivity contribution in [2.45, 2.75) is 13.5 Å². The second-order valence-corrected chi connectivity index (χ2v) is 5.58. The van der Waals surface area contributed by atoms with E-state index in [1.807, 2.05) is 5.38 Å². The molecule has 0 unspecified atom stereocenters. The fourth-order valence-electron chi connectivity index (χ4n) is 1.95. The fraction of sp³-hybridized carbons (Fsp3) is 0.333. The molecule has 0 bridgehead atoms. The molecule has 0 N–H and O–H groups in total. The van der Waals surface area contributed by atoms with Crippen LogP contribution in [0.1, 0.15) is 23.0 Å². The van der Waals surface area contributed by atoms with Crippen molar-refractivity contribution in [2.24, 2.45) is 0 Å². The number of ether oxygens (including phenoxy) is 2. The Kier molecular flexibility index (Phi) is 5.69. The largest absolute Gasteiger partial charge is 0.493 e. The third-order valence-corrected chi connectivity index (χ3v) is 4.02. The minimum absolute atomic E-state index is 0.0396. The molecule has 0 aliphatic heterocycles.